The molecule has 0 radical (unpaired) electrons. The van der Waals surface area contributed by atoms with E-state index in [2.05, 4.69) is 0 Å². The molecule has 0 bridgehead atoms. The van der Waals surface area contributed by atoms with Gasteiger partial charge >= 0.3 is 0 Å². The van der Waals surface area contributed by atoms with E-state index in [1.807, 2.05) is 0 Å². The van der Waals surface area contributed by atoms with Gasteiger partial charge in [0.2, 0.25) is 0 Å². The van der Waals surface area contributed by atoms with Crippen molar-refractivity contribution in [1.82, 2.24) is 0 Å². The van der Waals surface area contributed by atoms with Crippen LogP contribution in [-0.4, -0.2) is 38.2 Å². The third kappa shape index (κ3) is 2.05. The topological polar surface area (TPSA) is 80.4 Å². The van der Waals surface area contributed by atoms with Crippen LogP contribution in [0.5, 0.6) is 0 Å². The minimum Gasteiger partial charge on any atom is -0.396 e. The fraction of sp³-hybridized carbons (Fsp3) is 0.500. The van der Waals surface area contributed by atoms with Crippen molar-refractivity contribution in [2.75, 3.05) is 19.4 Å². The van der Waals surface area contributed by atoms with Crippen molar-refractivity contribution < 1.29 is 13.5 Å². The maximum absolute atomic E-state index is 11.8. The highest BCUT2D eigenvalue weighted by molar-refractivity contribution is 7.91. The number of halogens is 1. The van der Waals surface area contributed by atoms with Gasteiger partial charge in [-0.3, -0.25) is 0 Å². The Balaban J connectivity index is 2.41. The molecule has 1 aliphatic rings. The first kappa shape index (κ1) is 13.8. The Bertz CT molecular complexity index is 537. The van der Waals surface area contributed by atoms with Gasteiger partial charge in [-0.25, -0.2) is 8.42 Å². The largest absolute Gasteiger partial charge is 0.396 e. The maximum atomic E-state index is 11.8. The molecule has 18 heavy (non-hydrogen) atoms. The Morgan fingerprint density at radius 1 is 1.39 bits per heavy atom. The zero-order chi connectivity index (χ0) is 13.6. The lowest BCUT2D eigenvalue weighted by Gasteiger charge is -2.11. The van der Waals surface area contributed by atoms with E-state index in [0.717, 1.165) is 5.56 Å². The lowest BCUT2D eigenvalue weighted by atomic mass is 10.0. The fourth-order valence-corrected chi connectivity index (χ4v) is 4.94. The van der Waals surface area contributed by atoms with Crippen molar-refractivity contribution in [1.29, 1.82) is 0 Å². The van der Waals surface area contributed by atoms with Gasteiger partial charge in [-0.1, -0.05) is 23.7 Å². The van der Waals surface area contributed by atoms with Gasteiger partial charge in [0.15, 0.2) is 9.84 Å². The number of hydrogen-bond donors (Lipinski definition) is 2. The molecule has 6 heteroatoms. The van der Waals surface area contributed by atoms with Crippen LogP contribution in [0, 0.1) is 5.41 Å². The highest BCUT2D eigenvalue weighted by atomic mass is 35.5. The van der Waals surface area contributed by atoms with E-state index in [1.54, 1.807) is 24.3 Å². The first-order valence-electron chi connectivity index (χ1n) is 5.62. The Morgan fingerprint density at radius 2 is 1.94 bits per heavy atom. The van der Waals surface area contributed by atoms with Crippen molar-refractivity contribution in [3.63, 3.8) is 0 Å². The van der Waals surface area contributed by atoms with E-state index in [4.69, 9.17) is 17.3 Å². The molecule has 1 aromatic carbocycles. The van der Waals surface area contributed by atoms with E-state index in [1.165, 1.54) is 6.26 Å². The van der Waals surface area contributed by atoms with Crippen molar-refractivity contribution in [2.45, 2.75) is 11.2 Å². The molecule has 4 nitrogen and oxygen atoms in total. The summed E-state index contributed by atoms with van der Waals surface area (Å²) in [4.78, 5) is 0. The number of nitrogens with two attached hydrogens (primary N) is 1. The van der Waals surface area contributed by atoms with Crippen LogP contribution in [0.3, 0.4) is 0 Å². The van der Waals surface area contributed by atoms with Crippen LogP contribution in [-0.2, 0) is 9.84 Å². The van der Waals surface area contributed by atoms with Crippen LogP contribution in [0.25, 0.3) is 0 Å². The van der Waals surface area contributed by atoms with E-state index in [0.29, 0.717) is 5.02 Å². The number of aliphatic hydroxyl groups excluding tert-OH is 1. The average Bonchev–Trinajstić information content (AvgIpc) is 3.00. The van der Waals surface area contributed by atoms with Gasteiger partial charge in [-0.2, -0.15) is 0 Å². The molecule has 1 fully saturated rings. The molecular formula is C12H16ClNO3S. The van der Waals surface area contributed by atoms with Crippen LogP contribution in [0.1, 0.15) is 11.5 Å². The number of sulfone groups is 1. The van der Waals surface area contributed by atoms with Crippen LogP contribution in [0.2, 0.25) is 5.02 Å². The predicted octanol–water partition coefficient (Wildman–Crippen LogP) is 0.788. The summed E-state index contributed by atoms with van der Waals surface area (Å²) in [5.41, 5.74) is 5.78. The van der Waals surface area contributed by atoms with Crippen LogP contribution in [0.15, 0.2) is 24.3 Å². The summed E-state index contributed by atoms with van der Waals surface area (Å²) < 4.78 is 23.6. The molecule has 3 unspecified atom stereocenters. The van der Waals surface area contributed by atoms with Crippen molar-refractivity contribution in [3.8, 4) is 0 Å². The third-order valence-electron chi connectivity index (χ3n) is 3.74. The second-order valence-corrected chi connectivity index (χ2v) is 7.48. The Kier molecular flexibility index (Phi) is 3.44. The predicted molar refractivity (Wildman–Crippen MR) is 71.4 cm³/mol. The number of hydrogen-bond acceptors (Lipinski definition) is 4. The Hall–Kier alpha value is -0.620. The third-order valence-corrected chi connectivity index (χ3v) is 5.66. The molecule has 0 heterocycles. The summed E-state index contributed by atoms with van der Waals surface area (Å²) >= 11 is 5.81. The maximum Gasteiger partial charge on any atom is 0.151 e. The minimum atomic E-state index is -3.24. The molecule has 0 saturated heterocycles. The van der Waals surface area contributed by atoms with Gasteiger partial charge in [0.1, 0.15) is 0 Å². The van der Waals surface area contributed by atoms with Crippen molar-refractivity contribution >= 4 is 21.4 Å². The fourth-order valence-electron chi connectivity index (χ4n) is 2.80. The monoisotopic (exact) mass is 289 g/mol. The van der Waals surface area contributed by atoms with Gasteiger partial charge in [0.05, 0.1) is 11.9 Å². The molecule has 100 valence electrons. The molecule has 3 atom stereocenters. The standard InChI is InChI=1S/C12H16ClNO3S/c1-18(16,17)11-10(12(11,6-14)7-15)8-2-4-9(13)5-3-8/h2-5,10-11,15H,6-7,14H2,1H3. The molecule has 1 aromatic rings. The molecule has 3 N–H and O–H groups in total. The number of rotatable bonds is 4. The van der Waals surface area contributed by atoms with Gasteiger partial charge in [0, 0.05) is 29.2 Å². The van der Waals surface area contributed by atoms with Crippen LogP contribution in [0.4, 0.5) is 0 Å². The summed E-state index contributed by atoms with van der Waals surface area (Å²) in [5.74, 6) is -0.250. The smallest absolute Gasteiger partial charge is 0.151 e. The normalized spacial score (nSPS) is 31.3. The quantitative estimate of drug-likeness (QED) is 0.859. The molecule has 1 aliphatic carbocycles. The summed E-state index contributed by atoms with van der Waals surface area (Å²) in [5, 5.41) is 9.49. The SMILES string of the molecule is CS(=O)(=O)C1C(c2ccc(Cl)cc2)C1(CN)CO. The molecular weight excluding hydrogens is 274 g/mol. The molecule has 0 amide bonds. The van der Waals surface area contributed by atoms with Crippen LogP contribution < -0.4 is 5.73 Å². The second kappa shape index (κ2) is 4.49. The first-order chi connectivity index (χ1) is 8.36. The van der Waals surface area contributed by atoms with Gasteiger partial charge in [-0.15, -0.1) is 0 Å². The average molecular weight is 290 g/mol. The summed E-state index contributed by atoms with van der Waals surface area (Å²) in [6.07, 6.45) is 1.19. The lowest BCUT2D eigenvalue weighted by Crippen LogP contribution is -2.27. The Labute approximate surface area is 112 Å². The zero-order valence-corrected chi connectivity index (χ0v) is 11.6. The zero-order valence-electron chi connectivity index (χ0n) is 10.0. The Morgan fingerprint density at radius 3 is 2.28 bits per heavy atom. The van der Waals surface area contributed by atoms with E-state index in [-0.39, 0.29) is 19.1 Å². The van der Waals surface area contributed by atoms with E-state index in [9.17, 15) is 13.5 Å². The van der Waals surface area contributed by atoms with Gasteiger partial charge < -0.3 is 10.8 Å². The molecule has 0 aromatic heterocycles. The van der Waals surface area contributed by atoms with Gasteiger partial charge in [0.25, 0.3) is 0 Å². The van der Waals surface area contributed by atoms with E-state index < -0.39 is 20.5 Å². The van der Waals surface area contributed by atoms with Crippen molar-refractivity contribution in [2.24, 2.45) is 11.1 Å². The molecule has 1 saturated carbocycles. The van der Waals surface area contributed by atoms with E-state index >= 15 is 0 Å². The summed E-state index contributed by atoms with van der Waals surface area (Å²) in [6.45, 7) is -0.0803. The van der Waals surface area contributed by atoms with Crippen LogP contribution >= 0.6 is 11.6 Å². The van der Waals surface area contributed by atoms with Gasteiger partial charge in [-0.05, 0) is 17.7 Å². The number of aliphatic hydroxyl groups is 1. The first-order valence-corrected chi connectivity index (χ1v) is 7.95. The second-order valence-electron chi connectivity index (χ2n) is 4.87. The molecule has 0 spiro atoms. The molecule has 0 aliphatic heterocycles. The minimum absolute atomic E-state index is 0.147. The highest BCUT2D eigenvalue weighted by Crippen LogP contribution is 2.61. The lowest BCUT2D eigenvalue weighted by molar-refractivity contribution is 0.212. The summed E-state index contributed by atoms with van der Waals surface area (Å²) in [7, 11) is -3.24. The van der Waals surface area contributed by atoms with Crippen molar-refractivity contribution in [3.05, 3.63) is 34.9 Å². The highest BCUT2D eigenvalue weighted by Gasteiger charge is 2.68. The summed E-state index contributed by atoms with van der Waals surface area (Å²) in [6, 6.07) is 7.01. The number of benzene rings is 1. The molecule has 2 rings (SSSR count).